The Morgan fingerprint density at radius 1 is 1.16 bits per heavy atom. The molecule has 7 nitrogen and oxygen atoms in total. The number of amides is 3. The number of urea groups is 1. The highest BCUT2D eigenvalue weighted by atomic mass is 35.5. The third-order valence-electron chi connectivity index (χ3n) is 5.17. The first-order chi connectivity index (χ1) is 14.9. The predicted octanol–water partition coefficient (Wildman–Crippen LogP) is 4.81. The van der Waals surface area contributed by atoms with Crippen LogP contribution in [0.1, 0.15) is 15.9 Å². The number of anilines is 2. The predicted molar refractivity (Wildman–Crippen MR) is 122 cm³/mol. The van der Waals surface area contributed by atoms with Gasteiger partial charge in [-0.05, 0) is 18.2 Å². The number of carbonyl (C=O) groups is 2. The van der Waals surface area contributed by atoms with Gasteiger partial charge in [-0.1, -0.05) is 41.4 Å². The van der Waals surface area contributed by atoms with Crippen molar-refractivity contribution in [1.82, 2.24) is 9.88 Å². The highest BCUT2D eigenvalue weighted by molar-refractivity contribution is 6.40. The Kier molecular flexibility index (Phi) is 6.00. The Bertz CT molecular complexity index is 1160. The van der Waals surface area contributed by atoms with E-state index >= 15 is 0 Å². The Morgan fingerprint density at radius 2 is 1.87 bits per heavy atom. The van der Waals surface area contributed by atoms with Crippen LogP contribution in [0.4, 0.5) is 16.2 Å². The zero-order valence-corrected chi connectivity index (χ0v) is 18.5. The zero-order chi connectivity index (χ0) is 22.1. The molecule has 1 N–H and O–H groups in total. The monoisotopic (exact) mass is 458 g/mol. The van der Waals surface area contributed by atoms with Crippen LogP contribution in [-0.2, 0) is 11.3 Å². The Morgan fingerprint density at radius 3 is 2.52 bits per heavy atom. The lowest BCUT2D eigenvalue weighted by Gasteiger charge is -2.22. The summed E-state index contributed by atoms with van der Waals surface area (Å²) in [5, 5.41) is 4.11. The number of ether oxygens (including phenoxy) is 1. The van der Waals surface area contributed by atoms with E-state index in [0.717, 1.165) is 16.6 Å². The van der Waals surface area contributed by atoms with Crippen molar-refractivity contribution >= 4 is 57.4 Å². The Hall–Kier alpha value is -2.87. The fraction of sp³-hybridized carbons (Fsp3) is 0.227. The molecule has 3 aromatic rings. The van der Waals surface area contributed by atoms with E-state index in [1.807, 2.05) is 6.07 Å². The van der Waals surface area contributed by atoms with Crippen molar-refractivity contribution in [3.05, 3.63) is 63.8 Å². The zero-order valence-electron chi connectivity index (χ0n) is 17.0. The summed E-state index contributed by atoms with van der Waals surface area (Å²) in [6.07, 6.45) is 1.67. The van der Waals surface area contributed by atoms with Crippen molar-refractivity contribution in [3.63, 3.8) is 0 Å². The highest BCUT2D eigenvalue weighted by Gasteiger charge is 2.30. The van der Waals surface area contributed by atoms with Crippen LogP contribution in [0.5, 0.6) is 0 Å². The van der Waals surface area contributed by atoms with Gasteiger partial charge >= 0.3 is 6.03 Å². The third kappa shape index (κ3) is 3.92. The number of methoxy groups -OCH3 is 1. The SMILES string of the molecule is COCc1cnc2c(NC(=O)c3c(Cl)cccc3Cl)cccc2c1N1CCN(C)C1=O. The molecule has 0 aliphatic carbocycles. The number of likely N-dealkylation sites (N-methyl/N-ethyl adjacent to an activating group) is 1. The molecule has 0 saturated carbocycles. The van der Waals surface area contributed by atoms with E-state index in [0.29, 0.717) is 30.9 Å². The Labute approximate surface area is 189 Å². The van der Waals surface area contributed by atoms with E-state index in [2.05, 4.69) is 10.3 Å². The second kappa shape index (κ2) is 8.70. The van der Waals surface area contributed by atoms with E-state index in [-0.39, 0.29) is 21.6 Å². The van der Waals surface area contributed by atoms with E-state index in [1.165, 1.54) is 0 Å². The number of nitrogens with one attached hydrogen (secondary N) is 1. The molecule has 3 amide bonds. The fourth-order valence-electron chi connectivity index (χ4n) is 3.69. The number of fused-ring (bicyclic) bond motifs is 1. The summed E-state index contributed by atoms with van der Waals surface area (Å²) in [5.41, 5.74) is 2.75. The van der Waals surface area contributed by atoms with Gasteiger partial charge in [0.2, 0.25) is 0 Å². The molecule has 1 saturated heterocycles. The molecule has 9 heteroatoms. The number of aromatic nitrogens is 1. The summed E-state index contributed by atoms with van der Waals surface area (Å²) in [5.74, 6) is -0.440. The fourth-order valence-corrected chi connectivity index (χ4v) is 4.25. The van der Waals surface area contributed by atoms with Gasteiger partial charge in [-0.3, -0.25) is 14.7 Å². The average Bonchev–Trinajstić information content (AvgIpc) is 3.06. The quantitative estimate of drug-likeness (QED) is 0.594. The number of pyridine rings is 1. The van der Waals surface area contributed by atoms with E-state index in [1.54, 1.807) is 60.5 Å². The van der Waals surface area contributed by atoms with E-state index in [4.69, 9.17) is 27.9 Å². The first-order valence-electron chi connectivity index (χ1n) is 9.60. The third-order valence-corrected chi connectivity index (χ3v) is 5.80. The van der Waals surface area contributed by atoms with Crippen LogP contribution in [0, 0.1) is 0 Å². The molecule has 4 rings (SSSR count). The molecule has 2 aromatic carbocycles. The maximum Gasteiger partial charge on any atom is 0.324 e. The van der Waals surface area contributed by atoms with Gasteiger partial charge < -0.3 is 15.0 Å². The number of hydrogen-bond donors (Lipinski definition) is 1. The van der Waals surface area contributed by atoms with E-state index in [9.17, 15) is 9.59 Å². The van der Waals surface area contributed by atoms with Crippen LogP contribution in [0.2, 0.25) is 10.0 Å². The molecule has 0 radical (unpaired) electrons. The summed E-state index contributed by atoms with van der Waals surface area (Å²) < 4.78 is 5.33. The van der Waals surface area contributed by atoms with Gasteiger partial charge in [0, 0.05) is 44.4 Å². The minimum absolute atomic E-state index is 0.0952. The summed E-state index contributed by atoms with van der Waals surface area (Å²) >= 11 is 12.4. The summed E-state index contributed by atoms with van der Waals surface area (Å²) in [6, 6.07) is 10.2. The van der Waals surface area contributed by atoms with Crippen LogP contribution in [-0.4, -0.2) is 49.1 Å². The topological polar surface area (TPSA) is 74.8 Å². The van der Waals surface area contributed by atoms with Crippen molar-refractivity contribution in [2.75, 3.05) is 37.5 Å². The number of halogens is 2. The van der Waals surface area contributed by atoms with Crippen LogP contribution in [0.25, 0.3) is 10.9 Å². The van der Waals surface area contributed by atoms with Crippen molar-refractivity contribution < 1.29 is 14.3 Å². The van der Waals surface area contributed by atoms with Crippen LogP contribution >= 0.6 is 23.2 Å². The van der Waals surface area contributed by atoms with Crippen molar-refractivity contribution in [2.45, 2.75) is 6.61 Å². The minimum atomic E-state index is -0.440. The maximum absolute atomic E-state index is 12.9. The molecule has 0 atom stereocenters. The minimum Gasteiger partial charge on any atom is -0.380 e. The molecule has 1 fully saturated rings. The van der Waals surface area contributed by atoms with Gasteiger partial charge in [0.05, 0.1) is 39.1 Å². The highest BCUT2D eigenvalue weighted by Crippen LogP contribution is 2.36. The molecule has 0 spiro atoms. The molecule has 1 aliphatic rings. The normalized spacial score (nSPS) is 13.9. The molecule has 31 heavy (non-hydrogen) atoms. The van der Waals surface area contributed by atoms with Gasteiger partial charge in [0.25, 0.3) is 5.91 Å². The van der Waals surface area contributed by atoms with Crippen molar-refractivity contribution in [1.29, 1.82) is 0 Å². The summed E-state index contributed by atoms with van der Waals surface area (Å²) in [6.45, 7) is 1.48. The lowest BCUT2D eigenvalue weighted by molar-refractivity contribution is 0.102. The molecule has 1 aromatic heterocycles. The molecular formula is C22H20Cl2N4O3. The summed E-state index contributed by atoms with van der Waals surface area (Å²) in [7, 11) is 3.36. The standard InChI is InChI=1S/C22H20Cl2N4O3/c1-27-9-10-28(22(27)30)20-13(12-31-2)11-25-19-14(20)5-3-8-17(19)26-21(29)18-15(23)6-4-7-16(18)24/h3-8,11H,9-10,12H2,1-2H3,(H,26,29). The molecule has 1 aliphatic heterocycles. The molecule has 160 valence electrons. The molecular weight excluding hydrogens is 439 g/mol. The van der Waals surface area contributed by atoms with Gasteiger partial charge in [0.1, 0.15) is 0 Å². The maximum atomic E-state index is 12.9. The molecule has 0 bridgehead atoms. The summed E-state index contributed by atoms with van der Waals surface area (Å²) in [4.78, 5) is 33.6. The number of carbonyl (C=O) groups excluding carboxylic acids is 2. The van der Waals surface area contributed by atoms with Gasteiger partial charge in [-0.2, -0.15) is 0 Å². The number of para-hydroxylation sites is 1. The van der Waals surface area contributed by atoms with Crippen LogP contribution in [0.15, 0.2) is 42.6 Å². The van der Waals surface area contributed by atoms with Crippen LogP contribution < -0.4 is 10.2 Å². The number of nitrogens with zero attached hydrogens (tertiary/aromatic N) is 3. The second-order valence-corrected chi connectivity index (χ2v) is 7.99. The first-order valence-corrected chi connectivity index (χ1v) is 10.4. The lowest BCUT2D eigenvalue weighted by Crippen LogP contribution is -2.30. The average molecular weight is 459 g/mol. The number of benzene rings is 2. The molecule has 2 heterocycles. The number of rotatable bonds is 5. The van der Waals surface area contributed by atoms with Gasteiger partial charge in [-0.15, -0.1) is 0 Å². The van der Waals surface area contributed by atoms with Crippen molar-refractivity contribution in [3.8, 4) is 0 Å². The van der Waals surface area contributed by atoms with E-state index < -0.39 is 5.91 Å². The molecule has 0 unspecified atom stereocenters. The van der Waals surface area contributed by atoms with Crippen molar-refractivity contribution in [2.24, 2.45) is 0 Å². The largest absolute Gasteiger partial charge is 0.380 e. The van der Waals surface area contributed by atoms with Crippen LogP contribution in [0.3, 0.4) is 0 Å². The first kappa shape index (κ1) is 21.4. The number of hydrogen-bond acceptors (Lipinski definition) is 4. The lowest BCUT2D eigenvalue weighted by atomic mass is 10.1. The Balaban J connectivity index is 1.81. The smallest absolute Gasteiger partial charge is 0.324 e. The van der Waals surface area contributed by atoms with Gasteiger partial charge in [-0.25, -0.2) is 4.79 Å². The second-order valence-electron chi connectivity index (χ2n) is 7.17. The van der Waals surface area contributed by atoms with Gasteiger partial charge in [0.15, 0.2) is 0 Å².